The second-order valence-electron chi connectivity index (χ2n) is 5.74. The van der Waals surface area contributed by atoms with E-state index in [2.05, 4.69) is 31.0 Å². The fourth-order valence-corrected chi connectivity index (χ4v) is 2.74. The molecule has 1 aliphatic carbocycles. The number of nitrogens with one attached hydrogen (secondary N) is 1. The van der Waals surface area contributed by atoms with Crippen molar-refractivity contribution in [2.45, 2.75) is 57.9 Å². The van der Waals surface area contributed by atoms with Gasteiger partial charge in [0.15, 0.2) is 0 Å². The van der Waals surface area contributed by atoms with Gasteiger partial charge in [0.1, 0.15) is 0 Å². The lowest BCUT2D eigenvalue weighted by molar-refractivity contribution is -0.0467. The number of hydrogen-bond donors (Lipinski definition) is 1. The average molecular weight is 256 g/mol. The molecule has 106 valence electrons. The molecule has 2 rings (SSSR count). The summed E-state index contributed by atoms with van der Waals surface area (Å²) in [4.78, 5) is 2.50. The first-order valence-corrected chi connectivity index (χ1v) is 7.39. The Morgan fingerprint density at radius 3 is 2.83 bits per heavy atom. The van der Waals surface area contributed by atoms with Gasteiger partial charge in [-0.05, 0) is 33.6 Å². The SMILES string of the molecule is CCOC1CC(NCC2CN(C(C)C)CCO2)C1. The summed E-state index contributed by atoms with van der Waals surface area (Å²) in [7, 11) is 0. The predicted octanol–water partition coefficient (Wildman–Crippen LogP) is 1.25. The molecule has 2 aliphatic rings. The van der Waals surface area contributed by atoms with Crippen molar-refractivity contribution in [2.24, 2.45) is 0 Å². The van der Waals surface area contributed by atoms with Crippen LogP contribution >= 0.6 is 0 Å². The second-order valence-corrected chi connectivity index (χ2v) is 5.74. The van der Waals surface area contributed by atoms with Crippen LogP contribution < -0.4 is 5.32 Å². The van der Waals surface area contributed by atoms with Gasteiger partial charge < -0.3 is 14.8 Å². The summed E-state index contributed by atoms with van der Waals surface area (Å²) in [6, 6.07) is 1.27. The van der Waals surface area contributed by atoms with Gasteiger partial charge in [0.05, 0.1) is 18.8 Å². The molecule has 1 heterocycles. The van der Waals surface area contributed by atoms with Crippen LogP contribution in [0.5, 0.6) is 0 Å². The highest BCUT2D eigenvalue weighted by molar-refractivity contribution is 4.87. The predicted molar refractivity (Wildman–Crippen MR) is 72.9 cm³/mol. The molecule has 0 radical (unpaired) electrons. The van der Waals surface area contributed by atoms with E-state index < -0.39 is 0 Å². The lowest BCUT2D eigenvalue weighted by Gasteiger charge is -2.39. The van der Waals surface area contributed by atoms with Crippen molar-refractivity contribution >= 4 is 0 Å². The fraction of sp³-hybridized carbons (Fsp3) is 1.00. The Morgan fingerprint density at radius 1 is 1.39 bits per heavy atom. The Kier molecular flexibility index (Phi) is 5.42. The third kappa shape index (κ3) is 3.92. The standard InChI is InChI=1S/C14H28N2O2/c1-4-17-13-7-12(8-13)15-9-14-10-16(11(2)3)5-6-18-14/h11-15H,4-10H2,1-3H3. The quantitative estimate of drug-likeness (QED) is 0.775. The summed E-state index contributed by atoms with van der Waals surface area (Å²) in [5.74, 6) is 0. The van der Waals surface area contributed by atoms with E-state index in [-0.39, 0.29) is 0 Å². The van der Waals surface area contributed by atoms with Crippen LogP contribution in [-0.4, -0.2) is 62.0 Å². The van der Waals surface area contributed by atoms with Gasteiger partial charge in [-0.25, -0.2) is 0 Å². The monoisotopic (exact) mass is 256 g/mol. The molecule has 4 heteroatoms. The van der Waals surface area contributed by atoms with E-state index in [9.17, 15) is 0 Å². The van der Waals surface area contributed by atoms with E-state index in [0.717, 1.165) is 45.7 Å². The summed E-state index contributed by atoms with van der Waals surface area (Å²) < 4.78 is 11.4. The minimum atomic E-state index is 0.354. The first kappa shape index (κ1) is 14.3. The number of morpholine rings is 1. The molecule has 0 aromatic rings. The highest BCUT2D eigenvalue weighted by Crippen LogP contribution is 2.23. The first-order valence-electron chi connectivity index (χ1n) is 7.39. The third-order valence-corrected chi connectivity index (χ3v) is 4.03. The number of ether oxygens (including phenoxy) is 2. The molecule has 1 atom stereocenters. The van der Waals surface area contributed by atoms with Gasteiger partial charge in [-0.15, -0.1) is 0 Å². The van der Waals surface area contributed by atoms with Crippen molar-refractivity contribution in [1.82, 2.24) is 10.2 Å². The largest absolute Gasteiger partial charge is 0.378 e. The van der Waals surface area contributed by atoms with E-state index in [1.807, 2.05) is 0 Å². The molecular weight excluding hydrogens is 228 g/mol. The molecule has 2 fully saturated rings. The van der Waals surface area contributed by atoms with Crippen molar-refractivity contribution in [3.8, 4) is 0 Å². The van der Waals surface area contributed by atoms with Gasteiger partial charge in [-0.3, -0.25) is 4.90 Å². The summed E-state index contributed by atoms with van der Waals surface area (Å²) >= 11 is 0. The number of rotatable bonds is 6. The zero-order chi connectivity index (χ0) is 13.0. The van der Waals surface area contributed by atoms with Gasteiger partial charge in [0, 0.05) is 38.3 Å². The third-order valence-electron chi connectivity index (χ3n) is 4.03. The Balaban J connectivity index is 1.59. The highest BCUT2D eigenvalue weighted by Gasteiger charge is 2.30. The Bertz CT molecular complexity index is 242. The van der Waals surface area contributed by atoms with E-state index in [4.69, 9.17) is 9.47 Å². The summed E-state index contributed by atoms with van der Waals surface area (Å²) in [6.45, 7) is 11.4. The van der Waals surface area contributed by atoms with Crippen molar-refractivity contribution in [1.29, 1.82) is 0 Å². The molecule has 0 aromatic heterocycles. The van der Waals surface area contributed by atoms with Crippen LogP contribution in [0, 0.1) is 0 Å². The molecule has 1 unspecified atom stereocenters. The van der Waals surface area contributed by atoms with Gasteiger partial charge in [0.2, 0.25) is 0 Å². The minimum absolute atomic E-state index is 0.354. The molecular formula is C14H28N2O2. The van der Waals surface area contributed by atoms with Gasteiger partial charge in [-0.2, -0.15) is 0 Å². The van der Waals surface area contributed by atoms with Crippen LogP contribution in [-0.2, 0) is 9.47 Å². The maximum atomic E-state index is 5.82. The van der Waals surface area contributed by atoms with Crippen LogP contribution in [0.1, 0.15) is 33.6 Å². The van der Waals surface area contributed by atoms with Gasteiger partial charge in [0.25, 0.3) is 0 Å². The smallest absolute Gasteiger partial charge is 0.0826 e. The molecule has 0 bridgehead atoms. The van der Waals surface area contributed by atoms with Crippen molar-refractivity contribution < 1.29 is 9.47 Å². The normalized spacial score (nSPS) is 33.7. The molecule has 0 aromatic carbocycles. The summed E-state index contributed by atoms with van der Waals surface area (Å²) in [5.41, 5.74) is 0. The Labute approximate surface area is 111 Å². The molecule has 1 saturated heterocycles. The van der Waals surface area contributed by atoms with Crippen molar-refractivity contribution in [3.05, 3.63) is 0 Å². The lowest BCUT2D eigenvalue weighted by Crippen LogP contribution is -2.53. The Morgan fingerprint density at radius 2 is 2.17 bits per heavy atom. The molecule has 1 aliphatic heterocycles. The molecule has 1 N–H and O–H groups in total. The maximum Gasteiger partial charge on any atom is 0.0826 e. The number of nitrogens with zero attached hydrogens (tertiary/aromatic N) is 1. The zero-order valence-corrected chi connectivity index (χ0v) is 12.0. The number of hydrogen-bond acceptors (Lipinski definition) is 4. The van der Waals surface area contributed by atoms with Crippen LogP contribution in [0.3, 0.4) is 0 Å². The highest BCUT2D eigenvalue weighted by atomic mass is 16.5. The molecule has 18 heavy (non-hydrogen) atoms. The van der Waals surface area contributed by atoms with Gasteiger partial charge >= 0.3 is 0 Å². The lowest BCUT2D eigenvalue weighted by atomic mass is 9.89. The van der Waals surface area contributed by atoms with Crippen LogP contribution in [0.25, 0.3) is 0 Å². The van der Waals surface area contributed by atoms with E-state index in [0.29, 0.717) is 24.3 Å². The first-order chi connectivity index (χ1) is 8.69. The molecule has 1 saturated carbocycles. The molecule has 0 spiro atoms. The second kappa shape index (κ2) is 6.85. The van der Waals surface area contributed by atoms with Crippen LogP contribution in [0.15, 0.2) is 0 Å². The summed E-state index contributed by atoms with van der Waals surface area (Å²) in [5, 5.41) is 3.61. The van der Waals surface area contributed by atoms with Gasteiger partial charge in [-0.1, -0.05) is 0 Å². The summed E-state index contributed by atoms with van der Waals surface area (Å²) in [6.07, 6.45) is 3.17. The fourth-order valence-electron chi connectivity index (χ4n) is 2.74. The van der Waals surface area contributed by atoms with Crippen LogP contribution in [0.2, 0.25) is 0 Å². The maximum absolute atomic E-state index is 5.82. The van der Waals surface area contributed by atoms with E-state index in [1.165, 1.54) is 0 Å². The zero-order valence-electron chi connectivity index (χ0n) is 12.0. The van der Waals surface area contributed by atoms with Crippen LogP contribution in [0.4, 0.5) is 0 Å². The van der Waals surface area contributed by atoms with Crippen molar-refractivity contribution in [3.63, 3.8) is 0 Å². The van der Waals surface area contributed by atoms with E-state index >= 15 is 0 Å². The molecule has 0 amide bonds. The van der Waals surface area contributed by atoms with Crippen molar-refractivity contribution in [2.75, 3.05) is 32.8 Å². The Hall–Kier alpha value is -0.160. The van der Waals surface area contributed by atoms with E-state index in [1.54, 1.807) is 0 Å². The minimum Gasteiger partial charge on any atom is -0.378 e. The average Bonchev–Trinajstić information content (AvgIpc) is 2.32. The molecule has 4 nitrogen and oxygen atoms in total. The topological polar surface area (TPSA) is 33.7 Å².